The fourth-order valence-electron chi connectivity index (χ4n) is 2.39. The molecule has 0 aliphatic carbocycles. The zero-order valence-electron chi connectivity index (χ0n) is 11.8. The average molecular weight is 263 g/mol. The Kier molecular flexibility index (Phi) is 3.87. The lowest BCUT2D eigenvalue weighted by molar-refractivity contribution is 0.0353. The molecule has 0 saturated carbocycles. The molecule has 2 rings (SSSR count). The van der Waals surface area contributed by atoms with Crippen LogP contribution in [-0.4, -0.2) is 58.1 Å². The molecule has 0 bridgehead atoms. The summed E-state index contributed by atoms with van der Waals surface area (Å²) in [6.07, 6.45) is 0. The Morgan fingerprint density at radius 2 is 2.16 bits per heavy atom. The third-order valence-corrected chi connectivity index (χ3v) is 3.81. The summed E-state index contributed by atoms with van der Waals surface area (Å²) < 4.78 is 0. The molecule has 0 unspecified atom stereocenters. The number of piperazine rings is 1. The van der Waals surface area contributed by atoms with Gasteiger partial charge in [-0.25, -0.2) is 9.78 Å². The van der Waals surface area contributed by atoms with Crippen molar-refractivity contribution < 1.29 is 9.90 Å². The van der Waals surface area contributed by atoms with Crippen LogP contribution in [0.3, 0.4) is 0 Å². The van der Waals surface area contributed by atoms with Gasteiger partial charge in [-0.2, -0.15) is 0 Å². The number of rotatable bonds is 3. The highest BCUT2D eigenvalue weighted by Crippen LogP contribution is 2.20. The van der Waals surface area contributed by atoms with Crippen LogP contribution in [0.1, 0.15) is 30.0 Å². The molecule has 19 heavy (non-hydrogen) atoms. The fraction of sp³-hybridized carbons (Fsp3) is 0.571. The maximum Gasteiger partial charge on any atom is 0.354 e. The number of carbonyl (C=O) groups is 1. The molecule has 1 aliphatic rings. The Labute approximate surface area is 113 Å². The Hall–Kier alpha value is -1.46. The summed E-state index contributed by atoms with van der Waals surface area (Å²) in [7, 11) is 2.14. The Morgan fingerprint density at radius 1 is 1.42 bits per heavy atom. The number of carboxylic acids is 1. The van der Waals surface area contributed by atoms with Crippen molar-refractivity contribution in [2.45, 2.75) is 25.9 Å². The second kappa shape index (κ2) is 5.27. The summed E-state index contributed by atoms with van der Waals surface area (Å²) in [4.78, 5) is 19.8. The zero-order chi connectivity index (χ0) is 14.0. The normalized spacial score (nSPS) is 20.4. The molecule has 1 N–H and O–H groups in total. The quantitative estimate of drug-likeness (QED) is 0.891. The van der Waals surface area contributed by atoms with Crippen LogP contribution in [-0.2, 0) is 6.54 Å². The highest BCUT2D eigenvalue weighted by molar-refractivity contribution is 5.85. The van der Waals surface area contributed by atoms with Gasteiger partial charge in [-0.15, -0.1) is 0 Å². The van der Waals surface area contributed by atoms with Crippen molar-refractivity contribution in [1.29, 1.82) is 0 Å². The number of aromatic carboxylic acids is 1. The van der Waals surface area contributed by atoms with Gasteiger partial charge in [0.1, 0.15) is 5.69 Å². The van der Waals surface area contributed by atoms with E-state index in [-0.39, 0.29) is 11.2 Å². The molecule has 5 heteroatoms. The van der Waals surface area contributed by atoms with E-state index in [0.29, 0.717) is 6.54 Å². The van der Waals surface area contributed by atoms with E-state index in [0.717, 1.165) is 25.3 Å². The van der Waals surface area contributed by atoms with Crippen molar-refractivity contribution >= 4 is 5.97 Å². The third-order valence-electron chi connectivity index (χ3n) is 3.81. The first-order valence-electron chi connectivity index (χ1n) is 6.51. The van der Waals surface area contributed by atoms with Gasteiger partial charge in [0.05, 0.1) is 5.69 Å². The number of nitrogens with zero attached hydrogens (tertiary/aromatic N) is 3. The minimum atomic E-state index is -0.972. The second-order valence-electron chi connectivity index (χ2n) is 5.76. The molecule has 2 heterocycles. The molecule has 0 amide bonds. The predicted molar refractivity (Wildman–Crippen MR) is 73.2 cm³/mol. The van der Waals surface area contributed by atoms with Crippen LogP contribution in [0.2, 0.25) is 0 Å². The topological polar surface area (TPSA) is 56.7 Å². The summed E-state index contributed by atoms with van der Waals surface area (Å²) in [6.45, 7) is 8.12. The molecule has 1 aromatic heterocycles. The lowest BCUT2D eigenvalue weighted by atomic mass is 9.99. The Morgan fingerprint density at radius 3 is 2.79 bits per heavy atom. The van der Waals surface area contributed by atoms with Gasteiger partial charge in [0.15, 0.2) is 0 Å². The van der Waals surface area contributed by atoms with Gasteiger partial charge in [0.2, 0.25) is 0 Å². The fourth-order valence-corrected chi connectivity index (χ4v) is 2.39. The maximum atomic E-state index is 10.9. The minimum Gasteiger partial charge on any atom is -0.477 e. The van der Waals surface area contributed by atoms with Crippen LogP contribution < -0.4 is 0 Å². The average Bonchev–Trinajstić information content (AvgIpc) is 2.34. The monoisotopic (exact) mass is 263 g/mol. The molecule has 1 aliphatic heterocycles. The molecule has 1 aromatic rings. The van der Waals surface area contributed by atoms with Gasteiger partial charge < -0.3 is 5.11 Å². The maximum absolute atomic E-state index is 10.9. The van der Waals surface area contributed by atoms with Crippen molar-refractivity contribution in [3.63, 3.8) is 0 Å². The Balaban J connectivity index is 2.05. The Bertz CT molecular complexity index is 474. The van der Waals surface area contributed by atoms with Crippen LogP contribution in [0.5, 0.6) is 0 Å². The van der Waals surface area contributed by atoms with Gasteiger partial charge >= 0.3 is 5.97 Å². The van der Waals surface area contributed by atoms with E-state index in [9.17, 15) is 4.79 Å². The van der Waals surface area contributed by atoms with Gasteiger partial charge in [-0.1, -0.05) is 6.07 Å². The van der Waals surface area contributed by atoms with E-state index >= 15 is 0 Å². The summed E-state index contributed by atoms with van der Waals surface area (Å²) >= 11 is 0. The number of carboxylic acid groups (broad SMARTS) is 1. The lowest BCUT2D eigenvalue weighted by Crippen LogP contribution is -2.57. The number of hydrogen-bond donors (Lipinski definition) is 1. The highest BCUT2D eigenvalue weighted by atomic mass is 16.4. The van der Waals surface area contributed by atoms with Crippen molar-refractivity contribution in [3.8, 4) is 0 Å². The first-order chi connectivity index (χ1) is 8.88. The third kappa shape index (κ3) is 3.30. The molecular weight excluding hydrogens is 242 g/mol. The van der Waals surface area contributed by atoms with Crippen LogP contribution in [0, 0.1) is 0 Å². The molecule has 0 aromatic carbocycles. The minimum absolute atomic E-state index is 0.117. The van der Waals surface area contributed by atoms with E-state index in [1.165, 1.54) is 6.07 Å². The van der Waals surface area contributed by atoms with Crippen molar-refractivity contribution in [3.05, 3.63) is 29.6 Å². The second-order valence-corrected chi connectivity index (χ2v) is 5.76. The van der Waals surface area contributed by atoms with E-state index in [2.05, 4.69) is 35.7 Å². The molecule has 0 atom stereocenters. The smallest absolute Gasteiger partial charge is 0.354 e. The largest absolute Gasteiger partial charge is 0.477 e. The summed E-state index contributed by atoms with van der Waals surface area (Å²) in [5.41, 5.74) is 1.08. The van der Waals surface area contributed by atoms with E-state index in [1.54, 1.807) is 6.07 Å². The number of likely N-dealkylation sites (N-methyl/N-ethyl adjacent to an activating group) is 1. The van der Waals surface area contributed by atoms with Crippen LogP contribution in [0.25, 0.3) is 0 Å². The molecule has 1 saturated heterocycles. The first kappa shape index (κ1) is 14.0. The van der Waals surface area contributed by atoms with Crippen molar-refractivity contribution in [1.82, 2.24) is 14.8 Å². The van der Waals surface area contributed by atoms with Gasteiger partial charge in [-0.3, -0.25) is 9.80 Å². The standard InChI is InChI=1S/C14H21N3O2/c1-14(2)10-17(8-7-16(14)3)9-11-5-4-6-12(15-11)13(18)19/h4-6H,7-10H2,1-3H3,(H,18,19). The van der Waals surface area contributed by atoms with Crippen LogP contribution >= 0.6 is 0 Å². The molecule has 5 nitrogen and oxygen atoms in total. The highest BCUT2D eigenvalue weighted by Gasteiger charge is 2.30. The van der Waals surface area contributed by atoms with Crippen LogP contribution in [0.4, 0.5) is 0 Å². The van der Waals surface area contributed by atoms with Gasteiger partial charge in [0, 0.05) is 31.7 Å². The number of pyridine rings is 1. The number of aromatic nitrogens is 1. The molecule has 104 valence electrons. The van der Waals surface area contributed by atoms with Gasteiger partial charge in [-0.05, 0) is 33.0 Å². The number of hydrogen-bond acceptors (Lipinski definition) is 4. The van der Waals surface area contributed by atoms with Crippen molar-refractivity contribution in [2.75, 3.05) is 26.7 Å². The first-order valence-corrected chi connectivity index (χ1v) is 6.51. The predicted octanol–water partition coefficient (Wildman–Crippen LogP) is 1.31. The summed E-state index contributed by atoms with van der Waals surface area (Å²) in [5.74, 6) is -0.972. The molecule has 1 fully saturated rings. The zero-order valence-corrected chi connectivity index (χ0v) is 11.8. The SMILES string of the molecule is CN1CCN(Cc2cccc(C(=O)O)n2)CC1(C)C. The van der Waals surface area contributed by atoms with E-state index < -0.39 is 5.97 Å². The van der Waals surface area contributed by atoms with E-state index in [1.807, 2.05) is 6.07 Å². The van der Waals surface area contributed by atoms with Gasteiger partial charge in [0.25, 0.3) is 0 Å². The molecule has 0 radical (unpaired) electrons. The van der Waals surface area contributed by atoms with Crippen molar-refractivity contribution in [2.24, 2.45) is 0 Å². The summed E-state index contributed by atoms with van der Waals surface area (Å²) in [5, 5.41) is 8.95. The van der Waals surface area contributed by atoms with Crippen LogP contribution in [0.15, 0.2) is 18.2 Å². The molecular formula is C14H21N3O2. The summed E-state index contributed by atoms with van der Waals surface area (Å²) in [6, 6.07) is 5.17. The molecule has 0 spiro atoms. The van der Waals surface area contributed by atoms with E-state index in [4.69, 9.17) is 5.11 Å². The lowest BCUT2D eigenvalue weighted by Gasteiger charge is -2.45.